The molecule has 4 heteroatoms. The summed E-state index contributed by atoms with van der Waals surface area (Å²) in [6.45, 7) is 3.58. The molecule has 1 saturated carbocycles. The van der Waals surface area contributed by atoms with Crippen LogP contribution < -0.4 is 5.32 Å². The molecule has 84 valence electrons. The van der Waals surface area contributed by atoms with E-state index in [-0.39, 0.29) is 17.7 Å². The van der Waals surface area contributed by atoms with Crippen molar-refractivity contribution >= 4 is 11.8 Å². The SMILES string of the molecule is CC1CC1CN(C)C(=O)C1CNC(=O)C1. The van der Waals surface area contributed by atoms with Crippen LogP contribution >= 0.6 is 0 Å². The van der Waals surface area contributed by atoms with Gasteiger partial charge in [-0.05, 0) is 18.3 Å². The maximum atomic E-state index is 11.9. The Labute approximate surface area is 90.0 Å². The van der Waals surface area contributed by atoms with Gasteiger partial charge in [0, 0.05) is 26.6 Å². The lowest BCUT2D eigenvalue weighted by atomic mass is 10.1. The van der Waals surface area contributed by atoms with Crippen molar-refractivity contribution in [3.05, 3.63) is 0 Å². The van der Waals surface area contributed by atoms with Crippen LogP contribution in [0.1, 0.15) is 19.8 Å². The second kappa shape index (κ2) is 3.83. The minimum Gasteiger partial charge on any atom is -0.355 e. The number of hydrogen-bond acceptors (Lipinski definition) is 2. The van der Waals surface area contributed by atoms with Crippen LogP contribution in [0.4, 0.5) is 0 Å². The molecule has 15 heavy (non-hydrogen) atoms. The number of rotatable bonds is 3. The molecule has 2 fully saturated rings. The van der Waals surface area contributed by atoms with Gasteiger partial charge in [-0.3, -0.25) is 9.59 Å². The molecule has 1 N–H and O–H groups in total. The van der Waals surface area contributed by atoms with E-state index in [0.29, 0.717) is 18.9 Å². The monoisotopic (exact) mass is 210 g/mol. The molecular formula is C11H18N2O2. The van der Waals surface area contributed by atoms with E-state index >= 15 is 0 Å². The van der Waals surface area contributed by atoms with Crippen molar-refractivity contribution in [1.82, 2.24) is 10.2 Å². The summed E-state index contributed by atoms with van der Waals surface area (Å²) in [4.78, 5) is 24.7. The fourth-order valence-electron chi connectivity index (χ4n) is 2.19. The molecule has 1 heterocycles. The van der Waals surface area contributed by atoms with E-state index in [2.05, 4.69) is 12.2 Å². The van der Waals surface area contributed by atoms with Crippen LogP contribution in [0.3, 0.4) is 0 Å². The summed E-state index contributed by atoms with van der Waals surface area (Å²) in [6.07, 6.45) is 1.60. The van der Waals surface area contributed by atoms with Gasteiger partial charge in [-0.1, -0.05) is 6.92 Å². The molecule has 0 bridgehead atoms. The Balaban J connectivity index is 1.81. The lowest BCUT2D eigenvalue weighted by Gasteiger charge is -2.20. The summed E-state index contributed by atoms with van der Waals surface area (Å²) in [5.41, 5.74) is 0. The van der Waals surface area contributed by atoms with Crippen LogP contribution in [-0.4, -0.2) is 36.9 Å². The number of carbonyl (C=O) groups is 2. The summed E-state index contributed by atoms with van der Waals surface area (Å²) < 4.78 is 0. The third-order valence-electron chi connectivity index (χ3n) is 3.49. The van der Waals surface area contributed by atoms with E-state index in [1.165, 1.54) is 6.42 Å². The summed E-state index contributed by atoms with van der Waals surface area (Å²) in [6, 6.07) is 0. The molecule has 3 atom stereocenters. The third kappa shape index (κ3) is 2.30. The molecule has 4 nitrogen and oxygen atoms in total. The third-order valence-corrected chi connectivity index (χ3v) is 3.49. The highest BCUT2D eigenvalue weighted by molar-refractivity contribution is 5.89. The maximum absolute atomic E-state index is 11.9. The van der Waals surface area contributed by atoms with Gasteiger partial charge in [0.1, 0.15) is 0 Å². The predicted molar refractivity (Wildman–Crippen MR) is 56.0 cm³/mol. The first kappa shape index (κ1) is 10.5. The van der Waals surface area contributed by atoms with Crippen LogP contribution in [0.2, 0.25) is 0 Å². The van der Waals surface area contributed by atoms with Gasteiger partial charge in [0.25, 0.3) is 0 Å². The van der Waals surface area contributed by atoms with Gasteiger partial charge in [0.05, 0.1) is 5.92 Å². The highest BCUT2D eigenvalue weighted by Gasteiger charge is 2.36. The van der Waals surface area contributed by atoms with Gasteiger partial charge in [-0.15, -0.1) is 0 Å². The lowest BCUT2D eigenvalue weighted by molar-refractivity contribution is -0.134. The Bertz CT molecular complexity index is 290. The second-order valence-electron chi connectivity index (χ2n) is 4.90. The minimum atomic E-state index is -0.128. The maximum Gasteiger partial charge on any atom is 0.227 e. The highest BCUT2D eigenvalue weighted by atomic mass is 16.2. The molecule has 3 unspecified atom stereocenters. The molecule has 2 aliphatic rings. The molecule has 0 aromatic carbocycles. The summed E-state index contributed by atoms with van der Waals surface area (Å²) in [7, 11) is 1.84. The lowest BCUT2D eigenvalue weighted by Crippen LogP contribution is -2.35. The Hall–Kier alpha value is -1.06. The van der Waals surface area contributed by atoms with Gasteiger partial charge < -0.3 is 10.2 Å². The molecule has 2 rings (SSSR count). The molecule has 1 saturated heterocycles. The van der Waals surface area contributed by atoms with Crippen LogP contribution in [0, 0.1) is 17.8 Å². The minimum absolute atomic E-state index is 0.00143. The summed E-state index contributed by atoms with van der Waals surface area (Å²) in [5.74, 6) is 1.44. The molecule has 0 aromatic heterocycles. The molecule has 1 aliphatic heterocycles. The van der Waals surface area contributed by atoms with Crippen molar-refractivity contribution in [2.24, 2.45) is 17.8 Å². The number of amides is 2. The fraction of sp³-hybridized carbons (Fsp3) is 0.818. The molecule has 0 aromatic rings. The van der Waals surface area contributed by atoms with E-state index in [1.807, 2.05) is 7.05 Å². The quantitative estimate of drug-likeness (QED) is 0.725. The van der Waals surface area contributed by atoms with Gasteiger partial charge >= 0.3 is 0 Å². The summed E-state index contributed by atoms with van der Waals surface area (Å²) in [5, 5.41) is 2.70. The van der Waals surface area contributed by atoms with Crippen LogP contribution in [-0.2, 0) is 9.59 Å². The van der Waals surface area contributed by atoms with Gasteiger partial charge in [-0.25, -0.2) is 0 Å². The van der Waals surface area contributed by atoms with E-state index < -0.39 is 0 Å². The second-order valence-corrected chi connectivity index (χ2v) is 4.90. The predicted octanol–water partition coefficient (Wildman–Crippen LogP) is 0.237. The van der Waals surface area contributed by atoms with E-state index in [4.69, 9.17) is 0 Å². The van der Waals surface area contributed by atoms with Crippen molar-refractivity contribution in [2.45, 2.75) is 19.8 Å². The first-order chi connectivity index (χ1) is 7.08. The van der Waals surface area contributed by atoms with E-state index in [1.54, 1.807) is 4.90 Å². The van der Waals surface area contributed by atoms with Gasteiger partial charge in [0.2, 0.25) is 11.8 Å². The van der Waals surface area contributed by atoms with Crippen molar-refractivity contribution < 1.29 is 9.59 Å². The average Bonchev–Trinajstić information content (AvgIpc) is 2.71. The normalized spacial score (nSPS) is 33.7. The van der Waals surface area contributed by atoms with Gasteiger partial charge in [0.15, 0.2) is 0 Å². The number of nitrogens with zero attached hydrogens (tertiary/aromatic N) is 1. The molecule has 0 spiro atoms. The first-order valence-corrected chi connectivity index (χ1v) is 5.59. The number of carbonyl (C=O) groups excluding carboxylic acids is 2. The Morgan fingerprint density at radius 3 is 2.73 bits per heavy atom. The average molecular weight is 210 g/mol. The van der Waals surface area contributed by atoms with Crippen LogP contribution in [0.5, 0.6) is 0 Å². The zero-order valence-corrected chi connectivity index (χ0v) is 9.32. The van der Waals surface area contributed by atoms with Crippen molar-refractivity contribution in [1.29, 1.82) is 0 Å². The largest absolute Gasteiger partial charge is 0.355 e. The van der Waals surface area contributed by atoms with Crippen LogP contribution in [0.25, 0.3) is 0 Å². The zero-order chi connectivity index (χ0) is 11.0. The topological polar surface area (TPSA) is 49.4 Å². The van der Waals surface area contributed by atoms with Gasteiger partial charge in [-0.2, -0.15) is 0 Å². The van der Waals surface area contributed by atoms with E-state index in [0.717, 1.165) is 12.5 Å². The molecule has 2 amide bonds. The molecule has 0 radical (unpaired) electrons. The Kier molecular flexibility index (Phi) is 2.67. The van der Waals surface area contributed by atoms with E-state index in [9.17, 15) is 9.59 Å². The molecule has 1 aliphatic carbocycles. The standard InChI is InChI=1S/C11H18N2O2/c1-7-3-9(7)6-13(2)11(15)8-4-10(14)12-5-8/h7-9H,3-6H2,1-2H3,(H,12,14). The Morgan fingerprint density at radius 1 is 1.60 bits per heavy atom. The fourth-order valence-corrected chi connectivity index (χ4v) is 2.19. The van der Waals surface area contributed by atoms with Crippen molar-refractivity contribution in [3.63, 3.8) is 0 Å². The van der Waals surface area contributed by atoms with Crippen molar-refractivity contribution in [3.8, 4) is 0 Å². The van der Waals surface area contributed by atoms with Crippen LogP contribution in [0.15, 0.2) is 0 Å². The first-order valence-electron chi connectivity index (χ1n) is 5.59. The Morgan fingerprint density at radius 2 is 2.27 bits per heavy atom. The van der Waals surface area contributed by atoms with Crippen molar-refractivity contribution in [2.75, 3.05) is 20.1 Å². The summed E-state index contributed by atoms with van der Waals surface area (Å²) >= 11 is 0. The number of hydrogen-bond donors (Lipinski definition) is 1. The number of nitrogens with one attached hydrogen (secondary N) is 1. The highest BCUT2D eigenvalue weighted by Crippen LogP contribution is 2.38. The zero-order valence-electron chi connectivity index (χ0n) is 9.32. The molecular weight excluding hydrogens is 192 g/mol. The smallest absolute Gasteiger partial charge is 0.227 e.